The minimum atomic E-state index is 0.624. The molecule has 0 saturated carbocycles. The summed E-state index contributed by atoms with van der Waals surface area (Å²) < 4.78 is 0. The lowest BCUT2D eigenvalue weighted by Crippen LogP contribution is -1.89. The lowest BCUT2D eigenvalue weighted by atomic mass is 10.1. The van der Waals surface area contributed by atoms with Gasteiger partial charge < -0.3 is 5.73 Å². The molecule has 2 aromatic rings. The van der Waals surface area contributed by atoms with Crippen molar-refractivity contribution >= 4 is 28.2 Å². The first-order chi connectivity index (χ1) is 8.15. The van der Waals surface area contributed by atoms with Crippen molar-refractivity contribution in [2.75, 3.05) is 5.73 Å². The predicted molar refractivity (Wildman–Crippen MR) is 78.4 cm³/mol. The third-order valence-corrected chi connectivity index (χ3v) is 4.20. The maximum absolute atomic E-state index is 5.63. The fraction of sp³-hybridized carbons (Fsp3) is 0.308. The molecular weight excluding hydrogens is 248 g/mol. The Labute approximate surface area is 110 Å². The van der Waals surface area contributed by atoms with Crippen LogP contribution in [0.3, 0.4) is 0 Å². The molecule has 1 heterocycles. The van der Waals surface area contributed by atoms with Crippen molar-refractivity contribution in [2.24, 2.45) is 0 Å². The van der Waals surface area contributed by atoms with Gasteiger partial charge in [0, 0.05) is 16.7 Å². The van der Waals surface area contributed by atoms with Crippen molar-refractivity contribution in [3.63, 3.8) is 0 Å². The number of nitrogen functional groups attached to an aromatic ring is 1. The number of nitrogens with zero attached hydrogens (tertiary/aromatic N) is 1. The first-order valence-corrected chi connectivity index (χ1v) is 7.50. The van der Waals surface area contributed by atoms with Crippen LogP contribution in [0.1, 0.15) is 19.4 Å². The van der Waals surface area contributed by atoms with Crippen LogP contribution in [0.4, 0.5) is 5.13 Å². The lowest BCUT2D eigenvalue weighted by molar-refractivity contribution is 1.11. The average molecular weight is 264 g/mol. The van der Waals surface area contributed by atoms with E-state index in [0.29, 0.717) is 10.4 Å². The van der Waals surface area contributed by atoms with Crippen LogP contribution >= 0.6 is 23.1 Å². The summed E-state index contributed by atoms with van der Waals surface area (Å²) in [6.45, 7) is 4.44. The zero-order valence-electron chi connectivity index (χ0n) is 10.0. The fourth-order valence-corrected chi connectivity index (χ4v) is 2.75. The van der Waals surface area contributed by atoms with Gasteiger partial charge in [-0.15, -0.1) is 11.3 Å². The summed E-state index contributed by atoms with van der Waals surface area (Å²) in [6.07, 6.45) is 0. The van der Waals surface area contributed by atoms with E-state index in [-0.39, 0.29) is 0 Å². The van der Waals surface area contributed by atoms with Gasteiger partial charge in [0.05, 0.1) is 5.69 Å². The van der Waals surface area contributed by atoms with Gasteiger partial charge in [-0.1, -0.05) is 38.1 Å². The number of nitrogens with two attached hydrogens (primary N) is 1. The number of rotatable bonds is 4. The molecule has 0 radical (unpaired) electrons. The Bertz CT molecular complexity index is 474. The maximum atomic E-state index is 5.63. The van der Waals surface area contributed by atoms with Crippen molar-refractivity contribution in [2.45, 2.75) is 24.9 Å². The standard InChI is InChI=1S/C13H16N2S2/c1-9(2)16-7-10-3-5-11(6-4-10)12-8-17-13(14)15-12/h3-6,8-9H,7H2,1-2H3,(H2,14,15). The predicted octanol–water partition coefficient (Wildman–Crippen LogP) is 4.03. The molecular formula is C13H16N2S2. The summed E-state index contributed by atoms with van der Waals surface area (Å²) in [5.74, 6) is 1.07. The molecule has 0 unspecified atom stereocenters. The van der Waals surface area contributed by atoms with Crippen molar-refractivity contribution in [1.82, 2.24) is 4.98 Å². The molecule has 0 amide bonds. The molecule has 0 bridgehead atoms. The molecule has 90 valence electrons. The Balaban J connectivity index is 2.07. The third-order valence-electron chi connectivity index (χ3n) is 2.35. The normalized spacial score (nSPS) is 11.0. The molecule has 0 aliphatic rings. The minimum Gasteiger partial charge on any atom is -0.375 e. The Kier molecular flexibility index (Phi) is 4.07. The van der Waals surface area contributed by atoms with E-state index >= 15 is 0 Å². The van der Waals surface area contributed by atoms with E-state index in [1.807, 2.05) is 17.1 Å². The molecule has 0 atom stereocenters. The molecule has 2 N–H and O–H groups in total. The van der Waals surface area contributed by atoms with Crippen LogP contribution in [0.2, 0.25) is 0 Å². The monoisotopic (exact) mass is 264 g/mol. The second-order valence-electron chi connectivity index (χ2n) is 4.13. The van der Waals surface area contributed by atoms with Crippen molar-refractivity contribution in [3.8, 4) is 11.3 Å². The molecule has 0 aliphatic heterocycles. The first-order valence-electron chi connectivity index (χ1n) is 5.57. The van der Waals surface area contributed by atoms with Gasteiger partial charge in [-0.05, 0) is 10.8 Å². The molecule has 0 fully saturated rings. The number of thioether (sulfide) groups is 1. The van der Waals surface area contributed by atoms with Crippen LogP contribution in [-0.4, -0.2) is 10.2 Å². The van der Waals surface area contributed by atoms with Gasteiger partial charge >= 0.3 is 0 Å². The topological polar surface area (TPSA) is 38.9 Å². The van der Waals surface area contributed by atoms with Crippen LogP contribution in [0, 0.1) is 0 Å². The molecule has 2 nitrogen and oxygen atoms in total. The number of benzene rings is 1. The van der Waals surface area contributed by atoms with E-state index in [4.69, 9.17) is 5.73 Å². The highest BCUT2D eigenvalue weighted by molar-refractivity contribution is 7.99. The Morgan fingerprint density at radius 2 is 2.00 bits per heavy atom. The van der Waals surface area contributed by atoms with Crippen LogP contribution in [0.5, 0.6) is 0 Å². The molecule has 1 aromatic carbocycles. The third kappa shape index (κ3) is 3.48. The zero-order chi connectivity index (χ0) is 12.3. The molecule has 17 heavy (non-hydrogen) atoms. The summed E-state index contributed by atoms with van der Waals surface area (Å²) in [5, 5.41) is 3.29. The van der Waals surface area contributed by atoms with Crippen LogP contribution in [-0.2, 0) is 5.75 Å². The van der Waals surface area contributed by atoms with Gasteiger partial charge in [0.25, 0.3) is 0 Å². The number of thiazole rings is 1. The first kappa shape index (κ1) is 12.5. The van der Waals surface area contributed by atoms with Crippen molar-refractivity contribution < 1.29 is 0 Å². The Morgan fingerprint density at radius 1 is 1.29 bits per heavy atom. The van der Waals surface area contributed by atoms with Crippen molar-refractivity contribution in [3.05, 3.63) is 35.2 Å². The molecule has 0 aliphatic carbocycles. The highest BCUT2D eigenvalue weighted by Crippen LogP contribution is 2.24. The molecule has 2 rings (SSSR count). The molecule has 0 saturated heterocycles. The molecule has 4 heteroatoms. The lowest BCUT2D eigenvalue weighted by Gasteiger charge is -2.05. The van der Waals surface area contributed by atoms with Crippen molar-refractivity contribution in [1.29, 1.82) is 0 Å². The van der Waals surface area contributed by atoms with E-state index < -0.39 is 0 Å². The summed E-state index contributed by atoms with van der Waals surface area (Å²) in [5.41, 5.74) is 9.09. The summed E-state index contributed by atoms with van der Waals surface area (Å²) in [6, 6.07) is 8.57. The van der Waals surface area contributed by atoms with Gasteiger partial charge in [0.2, 0.25) is 0 Å². The van der Waals surface area contributed by atoms with Gasteiger partial charge in [0.15, 0.2) is 5.13 Å². The highest BCUT2D eigenvalue weighted by Gasteiger charge is 2.03. The summed E-state index contributed by atoms with van der Waals surface area (Å²) >= 11 is 3.44. The Morgan fingerprint density at radius 3 is 2.53 bits per heavy atom. The smallest absolute Gasteiger partial charge is 0.180 e. The van der Waals surface area contributed by atoms with Crippen LogP contribution < -0.4 is 5.73 Å². The second kappa shape index (κ2) is 5.56. The van der Waals surface area contributed by atoms with E-state index in [9.17, 15) is 0 Å². The van der Waals surface area contributed by atoms with Gasteiger partial charge in [0.1, 0.15) is 0 Å². The fourth-order valence-electron chi connectivity index (χ4n) is 1.45. The number of hydrogen-bond acceptors (Lipinski definition) is 4. The Hall–Kier alpha value is -1.00. The minimum absolute atomic E-state index is 0.624. The van der Waals surface area contributed by atoms with Gasteiger partial charge in [-0.2, -0.15) is 11.8 Å². The summed E-state index contributed by atoms with van der Waals surface area (Å²) in [4.78, 5) is 4.28. The number of anilines is 1. The largest absolute Gasteiger partial charge is 0.375 e. The van der Waals surface area contributed by atoms with Crippen LogP contribution in [0.15, 0.2) is 29.6 Å². The van der Waals surface area contributed by atoms with E-state index in [0.717, 1.165) is 17.0 Å². The number of aromatic nitrogens is 1. The van der Waals surface area contributed by atoms with Crippen LogP contribution in [0.25, 0.3) is 11.3 Å². The van der Waals surface area contributed by atoms with E-state index in [1.54, 1.807) is 0 Å². The highest BCUT2D eigenvalue weighted by atomic mass is 32.2. The maximum Gasteiger partial charge on any atom is 0.180 e. The molecule has 0 spiro atoms. The number of hydrogen-bond donors (Lipinski definition) is 1. The summed E-state index contributed by atoms with van der Waals surface area (Å²) in [7, 11) is 0. The van der Waals surface area contributed by atoms with E-state index in [2.05, 4.69) is 43.1 Å². The SMILES string of the molecule is CC(C)SCc1ccc(-c2csc(N)n2)cc1. The van der Waals surface area contributed by atoms with Gasteiger partial charge in [-0.3, -0.25) is 0 Å². The second-order valence-corrected chi connectivity index (χ2v) is 6.58. The zero-order valence-corrected chi connectivity index (χ0v) is 11.6. The quantitative estimate of drug-likeness (QED) is 0.906. The molecule has 1 aromatic heterocycles. The van der Waals surface area contributed by atoms with Gasteiger partial charge in [-0.25, -0.2) is 4.98 Å². The van der Waals surface area contributed by atoms with E-state index in [1.165, 1.54) is 16.9 Å². The average Bonchev–Trinajstić information content (AvgIpc) is 2.74.